The molecule has 2 aromatic rings. The van der Waals surface area contributed by atoms with Crippen LogP contribution in [0.1, 0.15) is 48.5 Å². The molecule has 2 aromatic carbocycles. The topological polar surface area (TPSA) is 180 Å². The van der Waals surface area contributed by atoms with E-state index in [0.29, 0.717) is 24.0 Å². The summed E-state index contributed by atoms with van der Waals surface area (Å²) in [5, 5.41) is 18.8. The first-order valence-electron chi connectivity index (χ1n) is 10.1. The zero-order valence-electron chi connectivity index (χ0n) is 18.0. The molecule has 0 heterocycles. The van der Waals surface area contributed by atoms with Crippen molar-refractivity contribution < 1.29 is 27.9 Å². The van der Waals surface area contributed by atoms with Crippen LogP contribution >= 0.6 is 0 Å². The Hall–Kier alpha value is -3.57. The fourth-order valence-corrected chi connectivity index (χ4v) is 4.27. The number of carboxylic acid groups (broad SMARTS) is 1. The Morgan fingerprint density at radius 3 is 2.18 bits per heavy atom. The van der Waals surface area contributed by atoms with Gasteiger partial charge < -0.3 is 16.2 Å². The number of para-hydroxylation sites is 1. The zero-order valence-corrected chi connectivity index (χ0v) is 18.8. The Kier molecular flexibility index (Phi) is 8.83. The zero-order chi connectivity index (χ0) is 24.6. The molecule has 0 bridgehead atoms. The molecule has 0 aromatic heterocycles. The van der Waals surface area contributed by atoms with Crippen LogP contribution in [0, 0.1) is 5.41 Å². The van der Waals surface area contributed by atoms with E-state index in [9.17, 15) is 22.8 Å². The highest BCUT2D eigenvalue weighted by Crippen LogP contribution is 2.21. The van der Waals surface area contributed by atoms with Crippen molar-refractivity contribution in [3.05, 3.63) is 59.7 Å². The fraction of sp³-hybridized carbons (Fsp3) is 0.273. The van der Waals surface area contributed by atoms with E-state index >= 15 is 0 Å². The maximum atomic E-state index is 12.5. The van der Waals surface area contributed by atoms with Crippen LogP contribution < -0.4 is 15.8 Å². The number of hydrogen-bond donors (Lipinski definition) is 5. The summed E-state index contributed by atoms with van der Waals surface area (Å²) < 4.78 is 27.0. The quantitative estimate of drug-likeness (QED) is 0.135. The van der Waals surface area contributed by atoms with Crippen molar-refractivity contribution in [1.82, 2.24) is 4.72 Å². The molecule has 6 N–H and O–H groups in total. The van der Waals surface area contributed by atoms with E-state index in [2.05, 4.69) is 5.32 Å². The molecule has 1 amide bonds. The molecular weight excluding hydrogens is 448 g/mol. The minimum Gasteiger partial charge on any atom is -0.480 e. The van der Waals surface area contributed by atoms with Gasteiger partial charge in [0.25, 0.3) is 0 Å². The van der Waals surface area contributed by atoms with Crippen LogP contribution in [0.2, 0.25) is 0 Å². The number of amidine groups is 1. The van der Waals surface area contributed by atoms with Crippen molar-refractivity contribution in [2.75, 3.05) is 5.32 Å². The molecule has 10 nitrogen and oxygen atoms in total. The lowest BCUT2D eigenvalue weighted by Crippen LogP contribution is -2.38. The number of ketones is 1. The van der Waals surface area contributed by atoms with Gasteiger partial charge in [0, 0.05) is 24.0 Å². The molecular formula is C22H26N4O6S. The molecule has 176 valence electrons. The standard InChI is InChI=1S/C22H26N4O6S/c1-14(22(29)30)26-33(31,32)19-8-4-2-6-17(19)25-20(28)9-5-3-7-18(27)15-10-12-16(13-11-15)21(23)24/h2,4,6,8,10-14,26H,3,5,7,9H2,1H3,(H3,23,24)(H,25,28)(H,29,30)/t14-/m0/s1. The largest absolute Gasteiger partial charge is 0.480 e. The van der Waals surface area contributed by atoms with E-state index in [0.717, 1.165) is 0 Å². The van der Waals surface area contributed by atoms with E-state index in [1.807, 2.05) is 4.72 Å². The highest BCUT2D eigenvalue weighted by atomic mass is 32.2. The third-order valence-electron chi connectivity index (χ3n) is 4.73. The lowest BCUT2D eigenvalue weighted by molar-refractivity contribution is -0.138. The van der Waals surface area contributed by atoms with Gasteiger partial charge >= 0.3 is 5.97 Å². The first-order chi connectivity index (χ1) is 15.5. The van der Waals surface area contributed by atoms with Gasteiger partial charge in [-0.3, -0.25) is 19.8 Å². The number of carbonyl (C=O) groups excluding carboxylic acids is 2. The predicted octanol–water partition coefficient (Wildman–Crippen LogP) is 2.10. The smallest absolute Gasteiger partial charge is 0.321 e. The van der Waals surface area contributed by atoms with Gasteiger partial charge in [-0.25, -0.2) is 8.42 Å². The summed E-state index contributed by atoms with van der Waals surface area (Å²) in [5.41, 5.74) is 6.44. The maximum absolute atomic E-state index is 12.5. The van der Waals surface area contributed by atoms with Crippen molar-refractivity contribution in [3.8, 4) is 0 Å². The van der Waals surface area contributed by atoms with Gasteiger partial charge in [0.2, 0.25) is 15.9 Å². The number of unbranched alkanes of at least 4 members (excludes halogenated alkanes) is 1. The number of rotatable bonds is 12. The number of Topliss-reactive ketones (excluding diaryl/α,β-unsaturated/α-hetero) is 1. The molecule has 11 heteroatoms. The number of amides is 1. The molecule has 1 atom stereocenters. The minimum atomic E-state index is -4.17. The first kappa shape index (κ1) is 25.7. The number of nitrogens with one attached hydrogen (secondary N) is 3. The molecule has 0 spiro atoms. The predicted molar refractivity (Wildman–Crippen MR) is 123 cm³/mol. The first-order valence-corrected chi connectivity index (χ1v) is 11.6. The van der Waals surface area contributed by atoms with E-state index in [-0.39, 0.29) is 35.0 Å². The molecule has 0 aliphatic heterocycles. The summed E-state index contributed by atoms with van der Waals surface area (Å²) in [6.45, 7) is 1.19. The van der Waals surface area contributed by atoms with Crippen LogP contribution in [0.5, 0.6) is 0 Å². The number of sulfonamides is 1. The fourth-order valence-electron chi connectivity index (χ4n) is 2.91. The maximum Gasteiger partial charge on any atom is 0.321 e. The third-order valence-corrected chi connectivity index (χ3v) is 6.33. The minimum absolute atomic E-state index is 0.0363. The second-order valence-corrected chi connectivity index (χ2v) is 9.03. The van der Waals surface area contributed by atoms with Gasteiger partial charge in [-0.2, -0.15) is 4.72 Å². The molecule has 2 rings (SSSR count). The summed E-state index contributed by atoms with van der Waals surface area (Å²) in [5.74, 6) is -1.94. The van der Waals surface area contributed by atoms with Gasteiger partial charge in [-0.1, -0.05) is 36.4 Å². The van der Waals surface area contributed by atoms with E-state index in [1.54, 1.807) is 30.3 Å². The van der Waals surface area contributed by atoms with Gasteiger partial charge in [-0.15, -0.1) is 0 Å². The second-order valence-electron chi connectivity index (χ2n) is 7.35. The van der Waals surface area contributed by atoms with Gasteiger partial charge in [-0.05, 0) is 31.9 Å². The summed E-state index contributed by atoms with van der Waals surface area (Å²) in [6, 6.07) is 10.7. The van der Waals surface area contributed by atoms with Crippen LogP contribution in [-0.2, 0) is 19.6 Å². The molecule has 0 saturated carbocycles. The van der Waals surface area contributed by atoms with E-state index < -0.39 is 27.9 Å². The van der Waals surface area contributed by atoms with Crippen molar-refractivity contribution in [1.29, 1.82) is 5.41 Å². The van der Waals surface area contributed by atoms with Crippen LogP contribution in [-0.4, -0.2) is 43.1 Å². The van der Waals surface area contributed by atoms with E-state index in [4.69, 9.17) is 16.2 Å². The Morgan fingerprint density at radius 2 is 1.58 bits per heavy atom. The molecule has 0 saturated heterocycles. The monoisotopic (exact) mass is 474 g/mol. The molecule has 33 heavy (non-hydrogen) atoms. The number of nitrogens with two attached hydrogens (primary N) is 1. The van der Waals surface area contributed by atoms with Gasteiger partial charge in [0.15, 0.2) is 5.78 Å². The molecule has 0 aliphatic carbocycles. The van der Waals surface area contributed by atoms with Gasteiger partial charge in [0.1, 0.15) is 16.8 Å². The average Bonchev–Trinajstić information content (AvgIpc) is 2.76. The summed E-state index contributed by atoms with van der Waals surface area (Å²) in [7, 11) is -4.17. The molecule has 0 radical (unpaired) electrons. The Morgan fingerprint density at radius 1 is 1.00 bits per heavy atom. The number of carboxylic acids is 1. The second kappa shape index (κ2) is 11.3. The van der Waals surface area contributed by atoms with Gasteiger partial charge in [0.05, 0.1) is 5.69 Å². The highest BCUT2D eigenvalue weighted by molar-refractivity contribution is 7.89. The number of benzene rings is 2. The van der Waals surface area contributed by atoms with Crippen molar-refractivity contribution in [3.63, 3.8) is 0 Å². The van der Waals surface area contributed by atoms with Crippen LogP contribution in [0.15, 0.2) is 53.4 Å². The number of aliphatic carboxylic acids is 1. The van der Waals surface area contributed by atoms with Crippen LogP contribution in [0.3, 0.4) is 0 Å². The Balaban J connectivity index is 1.89. The van der Waals surface area contributed by atoms with Crippen molar-refractivity contribution in [2.24, 2.45) is 5.73 Å². The normalized spacial score (nSPS) is 12.0. The Bertz CT molecular complexity index is 1150. The third kappa shape index (κ3) is 7.51. The lowest BCUT2D eigenvalue weighted by atomic mass is 10.0. The highest BCUT2D eigenvalue weighted by Gasteiger charge is 2.24. The molecule has 0 unspecified atom stereocenters. The summed E-state index contributed by atoms with van der Waals surface area (Å²) in [4.78, 5) is 35.3. The van der Waals surface area contributed by atoms with Crippen molar-refractivity contribution in [2.45, 2.75) is 43.5 Å². The summed E-state index contributed by atoms with van der Waals surface area (Å²) >= 11 is 0. The molecule has 0 aliphatic rings. The number of carbonyl (C=O) groups is 3. The average molecular weight is 475 g/mol. The lowest BCUT2D eigenvalue weighted by Gasteiger charge is -2.14. The number of anilines is 1. The summed E-state index contributed by atoms with van der Waals surface area (Å²) in [6.07, 6.45) is 1.17. The van der Waals surface area contributed by atoms with Crippen molar-refractivity contribution >= 4 is 39.2 Å². The SMILES string of the molecule is C[C@H](NS(=O)(=O)c1ccccc1NC(=O)CCCCC(=O)c1ccc(C(=N)N)cc1)C(=O)O. The Labute approximate surface area is 191 Å². The number of hydrogen-bond acceptors (Lipinski definition) is 6. The molecule has 0 fully saturated rings. The number of nitrogen functional groups attached to an aromatic ring is 1. The van der Waals surface area contributed by atoms with Crippen LogP contribution in [0.25, 0.3) is 0 Å². The van der Waals surface area contributed by atoms with Crippen LogP contribution in [0.4, 0.5) is 5.69 Å². The van der Waals surface area contributed by atoms with E-state index in [1.165, 1.54) is 25.1 Å².